The van der Waals surface area contributed by atoms with Crippen molar-refractivity contribution in [2.75, 3.05) is 18.8 Å². The monoisotopic (exact) mass is 272 g/mol. The lowest BCUT2D eigenvalue weighted by Gasteiger charge is -2.17. The molecule has 0 heterocycles. The van der Waals surface area contributed by atoms with E-state index >= 15 is 0 Å². The molecule has 0 spiro atoms. The molecule has 0 fully saturated rings. The van der Waals surface area contributed by atoms with E-state index < -0.39 is 16.2 Å². The van der Waals surface area contributed by atoms with Crippen LogP contribution in [0.3, 0.4) is 0 Å². The zero-order chi connectivity index (χ0) is 14.1. The van der Waals surface area contributed by atoms with Gasteiger partial charge in [0.1, 0.15) is 0 Å². The number of hydrogen-bond donors (Lipinski definition) is 2. The average molecular weight is 272 g/mol. The number of carboxylic acid groups (broad SMARTS) is 1. The first-order chi connectivity index (χ1) is 8.15. The maximum atomic E-state index is 11.7. The second-order valence-electron chi connectivity index (χ2n) is 4.20. The Hall–Kier alpha value is -1.60. The highest BCUT2D eigenvalue weighted by Gasteiger charge is 2.20. The predicted molar refractivity (Wildman–Crippen MR) is 69.1 cm³/mol. The fraction of sp³-hybridized carbons (Fsp3) is 0.364. The number of hydrogen-bond acceptors (Lipinski definition) is 3. The molecule has 18 heavy (non-hydrogen) atoms. The van der Waals surface area contributed by atoms with Crippen molar-refractivity contribution in [3.05, 3.63) is 28.8 Å². The van der Waals surface area contributed by atoms with Crippen LogP contribution in [0.4, 0.5) is 5.69 Å². The molecule has 100 valence electrons. The lowest BCUT2D eigenvalue weighted by molar-refractivity contribution is 0.0698. The quantitative estimate of drug-likeness (QED) is 0.862. The van der Waals surface area contributed by atoms with Crippen molar-refractivity contribution >= 4 is 21.9 Å². The van der Waals surface area contributed by atoms with Gasteiger partial charge in [-0.2, -0.15) is 12.7 Å². The van der Waals surface area contributed by atoms with Gasteiger partial charge in [-0.3, -0.25) is 4.72 Å². The fourth-order valence-corrected chi connectivity index (χ4v) is 2.20. The van der Waals surface area contributed by atoms with Crippen molar-refractivity contribution in [2.45, 2.75) is 13.8 Å². The molecule has 0 radical (unpaired) electrons. The molecule has 0 atom stereocenters. The van der Waals surface area contributed by atoms with E-state index in [2.05, 4.69) is 4.72 Å². The number of anilines is 1. The molecule has 0 unspecified atom stereocenters. The summed E-state index contributed by atoms with van der Waals surface area (Å²) >= 11 is 0. The van der Waals surface area contributed by atoms with E-state index in [0.717, 1.165) is 9.87 Å². The first kappa shape index (κ1) is 14.5. The number of rotatable bonds is 4. The summed E-state index contributed by atoms with van der Waals surface area (Å²) in [5.41, 5.74) is 1.37. The third-order valence-corrected chi connectivity index (χ3v) is 3.85. The van der Waals surface area contributed by atoms with E-state index in [-0.39, 0.29) is 11.3 Å². The van der Waals surface area contributed by atoms with E-state index in [9.17, 15) is 13.2 Å². The lowest BCUT2D eigenvalue weighted by atomic mass is 10.0. The van der Waals surface area contributed by atoms with Gasteiger partial charge >= 0.3 is 16.2 Å². The number of aryl methyl sites for hydroxylation is 2. The molecule has 0 aromatic heterocycles. The van der Waals surface area contributed by atoms with Crippen LogP contribution in [0.5, 0.6) is 0 Å². The van der Waals surface area contributed by atoms with Crippen LogP contribution in [0.25, 0.3) is 0 Å². The van der Waals surface area contributed by atoms with Gasteiger partial charge in [0.05, 0.1) is 11.3 Å². The van der Waals surface area contributed by atoms with E-state index in [1.165, 1.54) is 20.2 Å². The van der Waals surface area contributed by atoms with Gasteiger partial charge in [0.15, 0.2) is 0 Å². The highest BCUT2D eigenvalue weighted by Crippen LogP contribution is 2.24. The molecule has 6 nitrogen and oxygen atoms in total. The molecule has 0 amide bonds. The Morgan fingerprint density at radius 1 is 1.28 bits per heavy atom. The van der Waals surface area contributed by atoms with Crippen LogP contribution in [-0.2, 0) is 10.2 Å². The summed E-state index contributed by atoms with van der Waals surface area (Å²) in [6, 6.07) is 3.16. The number of carbonyl (C=O) groups is 1. The molecular formula is C11H16N2O4S. The molecule has 0 aliphatic rings. The van der Waals surface area contributed by atoms with Crippen molar-refractivity contribution in [3.8, 4) is 0 Å². The van der Waals surface area contributed by atoms with E-state index in [4.69, 9.17) is 5.11 Å². The van der Waals surface area contributed by atoms with Gasteiger partial charge < -0.3 is 5.11 Å². The predicted octanol–water partition coefficient (Wildman–Crippen LogP) is 1.22. The molecule has 1 aromatic carbocycles. The summed E-state index contributed by atoms with van der Waals surface area (Å²) in [4.78, 5) is 11.1. The molecule has 0 saturated carbocycles. The van der Waals surface area contributed by atoms with Crippen molar-refractivity contribution < 1.29 is 18.3 Å². The Balaban J connectivity index is 3.37. The summed E-state index contributed by atoms with van der Waals surface area (Å²) in [5, 5.41) is 9.10. The Morgan fingerprint density at radius 3 is 2.28 bits per heavy atom. The second kappa shape index (κ2) is 4.95. The Labute approximate surface area is 106 Å². The van der Waals surface area contributed by atoms with Crippen LogP contribution >= 0.6 is 0 Å². The highest BCUT2D eigenvalue weighted by molar-refractivity contribution is 7.90. The molecule has 0 aliphatic carbocycles. The smallest absolute Gasteiger partial charge is 0.337 e. The molecule has 7 heteroatoms. The van der Waals surface area contributed by atoms with Gasteiger partial charge in [0, 0.05) is 14.1 Å². The van der Waals surface area contributed by atoms with Gasteiger partial charge in [-0.25, -0.2) is 4.79 Å². The number of carboxylic acids is 1. The molecule has 1 aromatic rings. The molecule has 2 N–H and O–H groups in total. The van der Waals surface area contributed by atoms with Crippen LogP contribution in [-0.4, -0.2) is 37.9 Å². The van der Waals surface area contributed by atoms with Gasteiger partial charge in [-0.05, 0) is 31.0 Å². The minimum Gasteiger partial charge on any atom is -0.478 e. The van der Waals surface area contributed by atoms with Crippen LogP contribution in [0.2, 0.25) is 0 Å². The highest BCUT2D eigenvalue weighted by atomic mass is 32.2. The zero-order valence-corrected chi connectivity index (χ0v) is 11.5. The van der Waals surface area contributed by atoms with Crippen molar-refractivity contribution in [2.24, 2.45) is 0 Å². The summed E-state index contributed by atoms with van der Waals surface area (Å²) < 4.78 is 26.7. The van der Waals surface area contributed by atoms with Crippen molar-refractivity contribution in [1.82, 2.24) is 4.31 Å². The summed E-state index contributed by atoms with van der Waals surface area (Å²) in [6.07, 6.45) is 0. The summed E-state index contributed by atoms with van der Waals surface area (Å²) in [7, 11) is -0.988. The van der Waals surface area contributed by atoms with E-state index in [0.29, 0.717) is 5.56 Å². The van der Waals surface area contributed by atoms with Crippen LogP contribution in [0, 0.1) is 13.8 Å². The molecule has 0 saturated heterocycles. The maximum Gasteiger partial charge on any atom is 0.337 e. The van der Waals surface area contributed by atoms with Gasteiger partial charge in [0.25, 0.3) is 0 Å². The van der Waals surface area contributed by atoms with Crippen LogP contribution < -0.4 is 4.72 Å². The average Bonchev–Trinajstić information content (AvgIpc) is 2.21. The van der Waals surface area contributed by atoms with Crippen LogP contribution in [0.15, 0.2) is 12.1 Å². The van der Waals surface area contributed by atoms with E-state index in [1.54, 1.807) is 19.9 Å². The molecular weight excluding hydrogens is 256 g/mol. The minimum atomic E-state index is -3.72. The van der Waals surface area contributed by atoms with Gasteiger partial charge in [0.2, 0.25) is 0 Å². The largest absolute Gasteiger partial charge is 0.478 e. The topological polar surface area (TPSA) is 86.7 Å². The third-order valence-electron chi connectivity index (χ3n) is 2.42. The summed E-state index contributed by atoms with van der Waals surface area (Å²) in [6.45, 7) is 3.41. The zero-order valence-electron chi connectivity index (χ0n) is 10.7. The first-order valence-electron chi connectivity index (χ1n) is 5.20. The molecule has 1 rings (SSSR count). The SMILES string of the molecule is Cc1cc(C)c(NS(=O)(=O)N(C)C)c(C(=O)O)c1. The minimum absolute atomic E-state index is 0.0575. The van der Waals surface area contributed by atoms with Crippen molar-refractivity contribution in [3.63, 3.8) is 0 Å². The molecule has 0 aliphatic heterocycles. The number of nitrogens with one attached hydrogen (secondary N) is 1. The fourth-order valence-electron chi connectivity index (χ4n) is 1.49. The Bertz CT molecular complexity index is 579. The van der Waals surface area contributed by atoms with Gasteiger partial charge in [-0.1, -0.05) is 6.07 Å². The Morgan fingerprint density at radius 2 is 1.83 bits per heavy atom. The first-order valence-corrected chi connectivity index (χ1v) is 6.64. The van der Waals surface area contributed by atoms with E-state index in [1.807, 2.05) is 0 Å². The standard InChI is InChI=1S/C11H16N2O4S/c1-7-5-8(2)10(9(6-7)11(14)15)12-18(16,17)13(3)4/h5-6,12H,1-4H3,(H,14,15). The number of aromatic carboxylic acids is 1. The summed E-state index contributed by atoms with van der Waals surface area (Å²) in [5.74, 6) is -1.17. The normalized spacial score (nSPS) is 11.6. The number of nitrogens with zero attached hydrogens (tertiary/aromatic N) is 1. The third kappa shape index (κ3) is 2.99. The number of benzene rings is 1. The van der Waals surface area contributed by atoms with Gasteiger partial charge in [-0.15, -0.1) is 0 Å². The second-order valence-corrected chi connectivity index (χ2v) is 6.08. The maximum absolute atomic E-state index is 11.7. The lowest BCUT2D eigenvalue weighted by Crippen LogP contribution is -2.30. The molecule has 0 bridgehead atoms. The van der Waals surface area contributed by atoms with Crippen molar-refractivity contribution in [1.29, 1.82) is 0 Å². The van der Waals surface area contributed by atoms with Crippen LogP contribution in [0.1, 0.15) is 21.5 Å². The Kier molecular flexibility index (Phi) is 3.98.